The molecule has 1 aromatic heterocycles. The van der Waals surface area contributed by atoms with Crippen molar-refractivity contribution in [2.75, 3.05) is 13.2 Å². The summed E-state index contributed by atoms with van der Waals surface area (Å²) in [6, 6.07) is 0. The molecule has 0 aliphatic heterocycles. The van der Waals surface area contributed by atoms with Crippen LogP contribution in [-0.2, 0) is 6.54 Å². The van der Waals surface area contributed by atoms with Gasteiger partial charge in [0.1, 0.15) is 6.33 Å². The molecule has 0 amide bonds. The summed E-state index contributed by atoms with van der Waals surface area (Å²) in [5, 5.41) is 3.05. The summed E-state index contributed by atoms with van der Waals surface area (Å²) >= 11 is 0. The Morgan fingerprint density at radius 1 is 1.41 bits per heavy atom. The normalized spacial score (nSPS) is 11.5. The van der Waals surface area contributed by atoms with Gasteiger partial charge < -0.3 is 10.1 Å². The van der Waals surface area contributed by atoms with Crippen molar-refractivity contribution >= 4 is 0 Å². The molecular weight excluding hydrogens is 235 g/mol. The quantitative estimate of drug-likeness (QED) is 0.782. The minimum atomic E-state index is -4.36. The van der Waals surface area contributed by atoms with Crippen molar-refractivity contribution in [2.24, 2.45) is 0 Å². The largest absolute Gasteiger partial charge is 0.468 e. The molecule has 0 aliphatic carbocycles. The van der Waals surface area contributed by atoms with Crippen LogP contribution >= 0.6 is 0 Å². The third kappa shape index (κ3) is 5.48. The van der Waals surface area contributed by atoms with E-state index < -0.39 is 12.8 Å². The molecule has 96 valence electrons. The average Bonchev–Trinajstić information content (AvgIpc) is 2.27. The number of hydrogen-bond acceptors (Lipinski definition) is 4. The van der Waals surface area contributed by atoms with Gasteiger partial charge in [-0.2, -0.15) is 13.2 Å². The topological polar surface area (TPSA) is 47.0 Å². The van der Waals surface area contributed by atoms with Crippen LogP contribution < -0.4 is 10.1 Å². The summed E-state index contributed by atoms with van der Waals surface area (Å²) < 4.78 is 40.6. The number of nitrogens with zero attached hydrogens (tertiary/aromatic N) is 2. The second kappa shape index (κ2) is 6.39. The van der Waals surface area contributed by atoms with Crippen molar-refractivity contribution in [1.82, 2.24) is 15.3 Å². The van der Waals surface area contributed by atoms with Gasteiger partial charge in [0.05, 0.1) is 0 Å². The maximum atomic E-state index is 12.0. The van der Waals surface area contributed by atoms with Crippen LogP contribution in [-0.4, -0.2) is 29.3 Å². The maximum absolute atomic E-state index is 12.0. The van der Waals surface area contributed by atoms with Crippen LogP contribution in [0.1, 0.15) is 18.9 Å². The van der Waals surface area contributed by atoms with Crippen molar-refractivity contribution in [3.05, 3.63) is 18.1 Å². The fourth-order valence-electron chi connectivity index (χ4n) is 1.15. The SMILES string of the molecule is CCCNCc1cncnc1OCC(F)(F)F. The third-order valence-corrected chi connectivity index (χ3v) is 1.86. The number of rotatable bonds is 6. The maximum Gasteiger partial charge on any atom is 0.422 e. The fourth-order valence-corrected chi connectivity index (χ4v) is 1.15. The van der Waals surface area contributed by atoms with Crippen LogP contribution in [0.25, 0.3) is 0 Å². The molecule has 17 heavy (non-hydrogen) atoms. The lowest BCUT2D eigenvalue weighted by Crippen LogP contribution is -2.21. The van der Waals surface area contributed by atoms with Crippen molar-refractivity contribution in [1.29, 1.82) is 0 Å². The van der Waals surface area contributed by atoms with Crippen LogP contribution in [0.3, 0.4) is 0 Å². The standard InChI is InChI=1S/C10H14F3N3O/c1-2-3-14-4-8-5-15-7-16-9(8)17-6-10(11,12)13/h5,7,14H,2-4,6H2,1H3. The minimum absolute atomic E-state index is 0.0269. The lowest BCUT2D eigenvalue weighted by atomic mass is 10.3. The first-order valence-electron chi connectivity index (χ1n) is 5.22. The van der Waals surface area contributed by atoms with Crippen molar-refractivity contribution in [3.8, 4) is 5.88 Å². The molecule has 0 saturated heterocycles. The number of hydrogen-bond donors (Lipinski definition) is 1. The Kier molecular flexibility index (Phi) is 5.14. The number of aromatic nitrogens is 2. The predicted octanol–water partition coefficient (Wildman–Crippen LogP) is 1.92. The van der Waals surface area contributed by atoms with E-state index >= 15 is 0 Å². The first-order valence-corrected chi connectivity index (χ1v) is 5.22. The molecule has 7 heteroatoms. The average molecular weight is 249 g/mol. The lowest BCUT2D eigenvalue weighted by Gasteiger charge is -2.11. The van der Waals surface area contributed by atoms with Gasteiger partial charge in [0.25, 0.3) is 0 Å². The highest BCUT2D eigenvalue weighted by atomic mass is 19.4. The van der Waals surface area contributed by atoms with E-state index in [0.29, 0.717) is 12.1 Å². The Hall–Kier alpha value is -1.37. The van der Waals surface area contributed by atoms with Crippen LogP contribution in [0.5, 0.6) is 5.88 Å². The van der Waals surface area contributed by atoms with Crippen molar-refractivity contribution in [3.63, 3.8) is 0 Å². The van der Waals surface area contributed by atoms with E-state index in [2.05, 4.69) is 20.0 Å². The van der Waals surface area contributed by atoms with E-state index in [1.807, 2.05) is 6.92 Å². The van der Waals surface area contributed by atoms with Crippen LogP contribution in [0.15, 0.2) is 12.5 Å². The lowest BCUT2D eigenvalue weighted by molar-refractivity contribution is -0.154. The Morgan fingerprint density at radius 3 is 2.82 bits per heavy atom. The first kappa shape index (κ1) is 13.7. The molecule has 0 saturated carbocycles. The summed E-state index contributed by atoms with van der Waals surface area (Å²) in [4.78, 5) is 7.44. The molecule has 0 radical (unpaired) electrons. The van der Waals surface area contributed by atoms with Gasteiger partial charge in [-0.25, -0.2) is 9.97 Å². The number of nitrogens with one attached hydrogen (secondary N) is 1. The zero-order valence-electron chi connectivity index (χ0n) is 9.42. The molecule has 1 rings (SSSR count). The summed E-state index contributed by atoms with van der Waals surface area (Å²) in [5.74, 6) is -0.0269. The molecule has 1 heterocycles. The zero-order valence-corrected chi connectivity index (χ0v) is 9.42. The molecule has 0 spiro atoms. The van der Waals surface area contributed by atoms with Gasteiger partial charge in [0.2, 0.25) is 5.88 Å². The Labute approximate surface area is 97.2 Å². The zero-order chi connectivity index (χ0) is 12.7. The van der Waals surface area contributed by atoms with Crippen LogP contribution in [0.4, 0.5) is 13.2 Å². The summed E-state index contributed by atoms with van der Waals surface area (Å²) in [6.07, 6.45) is -0.818. The first-order chi connectivity index (χ1) is 8.03. The fraction of sp³-hybridized carbons (Fsp3) is 0.600. The molecule has 0 aliphatic rings. The molecule has 0 aromatic carbocycles. The predicted molar refractivity (Wildman–Crippen MR) is 55.6 cm³/mol. The van der Waals surface area contributed by atoms with Crippen LogP contribution in [0, 0.1) is 0 Å². The van der Waals surface area contributed by atoms with Gasteiger partial charge in [-0.3, -0.25) is 0 Å². The Bertz CT molecular complexity index is 344. The molecular formula is C10H14F3N3O. The van der Waals surface area contributed by atoms with E-state index in [1.54, 1.807) is 0 Å². The monoisotopic (exact) mass is 249 g/mol. The number of ether oxygens (including phenoxy) is 1. The molecule has 0 unspecified atom stereocenters. The highest BCUT2D eigenvalue weighted by molar-refractivity contribution is 5.21. The summed E-state index contributed by atoms with van der Waals surface area (Å²) in [5.41, 5.74) is 0.519. The van der Waals surface area contributed by atoms with E-state index in [9.17, 15) is 13.2 Å². The summed E-state index contributed by atoms with van der Waals surface area (Å²) in [7, 11) is 0. The van der Waals surface area contributed by atoms with Gasteiger partial charge in [-0.1, -0.05) is 6.92 Å². The van der Waals surface area contributed by atoms with E-state index in [1.165, 1.54) is 6.20 Å². The van der Waals surface area contributed by atoms with Gasteiger partial charge in [0.15, 0.2) is 6.61 Å². The van der Waals surface area contributed by atoms with Gasteiger partial charge in [-0.15, -0.1) is 0 Å². The Balaban J connectivity index is 2.58. The molecule has 4 nitrogen and oxygen atoms in total. The number of halogens is 3. The highest BCUT2D eigenvalue weighted by Gasteiger charge is 2.29. The van der Waals surface area contributed by atoms with E-state index in [4.69, 9.17) is 0 Å². The second-order valence-electron chi connectivity index (χ2n) is 3.43. The highest BCUT2D eigenvalue weighted by Crippen LogP contribution is 2.19. The molecule has 0 fully saturated rings. The molecule has 1 N–H and O–H groups in total. The number of alkyl halides is 3. The minimum Gasteiger partial charge on any atom is -0.468 e. The van der Waals surface area contributed by atoms with E-state index in [-0.39, 0.29) is 5.88 Å². The summed E-state index contributed by atoms with van der Waals surface area (Å²) in [6.45, 7) is 1.82. The van der Waals surface area contributed by atoms with Gasteiger partial charge in [-0.05, 0) is 13.0 Å². The molecule has 0 atom stereocenters. The van der Waals surface area contributed by atoms with E-state index in [0.717, 1.165) is 19.3 Å². The third-order valence-electron chi connectivity index (χ3n) is 1.86. The smallest absolute Gasteiger partial charge is 0.422 e. The Morgan fingerprint density at radius 2 is 2.18 bits per heavy atom. The van der Waals surface area contributed by atoms with Crippen molar-refractivity contribution in [2.45, 2.75) is 26.1 Å². The van der Waals surface area contributed by atoms with Gasteiger partial charge >= 0.3 is 6.18 Å². The van der Waals surface area contributed by atoms with Crippen molar-refractivity contribution < 1.29 is 17.9 Å². The molecule has 1 aromatic rings. The second-order valence-corrected chi connectivity index (χ2v) is 3.43. The van der Waals surface area contributed by atoms with Crippen LogP contribution in [0.2, 0.25) is 0 Å². The molecule has 0 bridgehead atoms. The van der Waals surface area contributed by atoms with Gasteiger partial charge in [0, 0.05) is 18.3 Å².